The molecule has 0 bridgehead atoms. The van der Waals surface area contributed by atoms with Crippen molar-refractivity contribution in [1.29, 1.82) is 0 Å². The minimum absolute atomic E-state index is 0.0963. The molecule has 24 heavy (non-hydrogen) atoms. The van der Waals surface area contributed by atoms with Crippen LogP contribution in [0.1, 0.15) is 30.3 Å². The van der Waals surface area contributed by atoms with Crippen LogP contribution in [-0.4, -0.2) is 45.6 Å². The van der Waals surface area contributed by atoms with Crippen molar-refractivity contribution in [3.8, 4) is 5.82 Å². The van der Waals surface area contributed by atoms with E-state index in [9.17, 15) is 9.59 Å². The highest BCUT2D eigenvalue weighted by Crippen LogP contribution is 2.12. The number of rotatable bonds is 5. The summed E-state index contributed by atoms with van der Waals surface area (Å²) >= 11 is 0. The predicted octanol–water partition coefficient (Wildman–Crippen LogP) is 1.13. The second-order valence-electron chi connectivity index (χ2n) is 5.60. The fraction of sp³-hybridized carbons (Fsp3) is 0.375. The third kappa shape index (κ3) is 3.96. The summed E-state index contributed by atoms with van der Waals surface area (Å²) in [7, 11) is 0. The minimum Gasteiger partial charge on any atom is -0.376 e. The van der Waals surface area contributed by atoms with Crippen molar-refractivity contribution in [1.82, 2.24) is 19.9 Å². The number of pyridine rings is 1. The lowest BCUT2D eigenvalue weighted by molar-refractivity contribution is -0.114. The van der Waals surface area contributed by atoms with Crippen LogP contribution in [0.4, 0.5) is 5.69 Å². The zero-order valence-electron chi connectivity index (χ0n) is 13.4. The van der Waals surface area contributed by atoms with Crippen molar-refractivity contribution in [3.63, 3.8) is 0 Å². The Bertz CT molecular complexity index is 720. The van der Waals surface area contributed by atoms with Gasteiger partial charge in [-0.1, -0.05) is 0 Å². The molecule has 1 fully saturated rings. The van der Waals surface area contributed by atoms with E-state index in [1.807, 2.05) is 0 Å². The van der Waals surface area contributed by atoms with Gasteiger partial charge in [0.05, 0.1) is 18.0 Å². The molecule has 2 N–H and O–H groups in total. The average molecular weight is 329 g/mol. The molecule has 8 heteroatoms. The van der Waals surface area contributed by atoms with Crippen molar-refractivity contribution < 1.29 is 14.3 Å². The molecule has 3 rings (SSSR count). The molecule has 0 aromatic carbocycles. The van der Waals surface area contributed by atoms with E-state index in [1.165, 1.54) is 13.3 Å². The van der Waals surface area contributed by atoms with E-state index in [0.29, 0.717) is 23.7 Å². The molecule has 1 atom stereocenters. The molecular weight excluding hydrogens is 310 g/mol. The minimum atomic E-state index is -0.237. The topological polar surface area (TPSA) is 98.1 Å². The number of nitrogens with zero attached hydrogens (tertiary/aromatic N) is 3. The Morgan fingerprint density at radius 2 is 2.25 bits per heavy atom. The smallest absolute Gasteiger partial charge is 0.271 e. The normalized spacial score (nSPS) is 16.8. The van der Waals surface area contributed by atoms with Crippen LogP contribution in [0.5, 0.6) is 0 Å². The van der Waals surface area contributed by atoms with Gasteiger partial charge in [-0.25, -0.2) is 9.97 Å². The van der Waals surface area contributed by atoms with Gasteiger partial charge in [-0.3, -0.25) is 14.2 Å². The van der Waals surface area contributed by atoms with E-state index >= 15 is 0 Å². The second kappa shape index (κ2) is 7.22. The van der Waals surface area contributed by atoms with Gasteiger partial charge in [0.25, 0.3) is 5.91 Å². The standard InChI is InChI=1S/C16H19N5O3/c1-11(22)20-12-4-5-15(17-7-12)21-9-14(19-10-21)16(23)18-8-13-3-2-6-24-13/h4-5,7,9-10,13H,2-3,6,8H2,1H3,(H,18,23)(H,20,22). The number of nitrogens with one attached hydrogen (secondary N) is 2. The maximum Gasteiger partial charge on any atom is 0.271 e. The van der Waals surface area contributed by atoms with Gasteiger partial charge in [-0.05, 0) is 25.0 Å². The summed E-state index contributed by atoms with van der Waals surface area (Å²) in [6.07, 6.45) is 6.80. The maximum absolute atomic E-state index is 12.1. The number of aromatic nitrogens is 3. The van der Waals surface area contributed by atoms with Crippen LogP contribution in [0.25, 0.3) is 5.82 Å². The summed E-state index contributed by atoms with van der Waals surface area (Å²) in [4.78, 5) is 31.5. The molecule has 3 heterocycles. The van der Waals surface area contributed by atoms with Gasteiger partial charge in [0.15, 0.2) is 0 Å². The lowest BCUT2D eigenvalue weighted by Gasteiger charge is -2.09. The highest BCUT2D eigenvalue weighted by Gasteiger charge is 2.17. The van der Waals surface area contributed by atoms with E-state index in [2.05, 4.69) is 20.6 Å². The van der Waals surface area contributed by atoms with E-state index in [4.69, 9.17) is 4.74 Å². The number of hydrogen-bond donors (Lipinski definition) is 2. The monoisotopic (exact) mass is 329 g/mol. The number of carbonyl (C=O) groups is 2. The van der Waals surface area contributed by atoms with E-state index in [0.717, 1.165) is 19.4 Å². The summed E-state index contributed by atoms with van der Waals surface area (Å²) in [5.41, 5.74) is 0.932. The predicted molar refractivity (Wildman–Crippen MR) is 87.0 cm³/mol. The molecule has 8 nitrogen and oxygen atoms in total. The Kier molecular flexibility index (Phi) is 4.85. The Labute approximate surface area is 139 Å². The molecule has 1 aliphatic rings. The number of ether oxygens (including phenoxy) is 1. The molecule has 2 amide bonds. The van der Waals surface area contributed by atoms with E-state index in [-0.39, 0.29) is 17.9 Å². The zero-order chi connectivity index (χ0) is 16.9. The third-order valence-electron chi connectivity index (χ3n) is 3.66. The average Bonchev–Trinajstić information content (AvgIpc) is 3.24. The molecular formula is C16H19N5O3. The number of anilines is 1. The molecule has 126 valence electrons. The molecule has 1 saturated heterocycles. The molecule has 0 radical (unpaired) electrons. The quantitative estimate of drug-likeness (QED) is 0.857. The zero-order valence-corrected chi connectivity index (χ0v) is 13.4. The number of carbonyl (C=O) groups excluding carboxylic acids is 2. The first-order chi connectivity index (χ1) is 11.6. The Morgan fingerprint density at radius 3 is 2.92 bits per heavy atom. The Balaban J connectivity index is 1.61. The summed E-state index contributed by atoms with van der Waals surface area (Å²) in [6, 6.07) is 3.47. The Hall–Kier alpha value is -2.74. The fourth-order valence-electron chi connectivity index (χ4n) is 2.48. The lowest BCUT2D eigenvalue weighted by Crippen LogP contribution is -2.31. The summed E-state index contributed by atoms with van der Waals surface area (Å²) in [5.74, 6) is 0.214. The molecule has 0 spiro atoms. The van der Waals surface area contributed by atoms with Crippen LogP contribution in [0.2, 0.25) is 0 Å². The van der Waals surface area contributed by atoms with Crippen molar-refractivity contribution >= 4 is 17.5 Å². The van der Waals surface area contributed by atoms with Crippen molar-refractivity contribution in [2.75, 3.05) is 18.5 Å². The van der Waals surface area contributed by atoms with Gasteiger partial charge >= 0.3 is 0 Å². The molecule has 0 aliphatic carbocycles. The second-order valence-corrected chi connectivity index (χ2v) is 5.60. The van der Waals surface area contributed by atoms with E-state index in [1.54, 1.807) is 29.1 Å². The summed E-state index contributed by atoms with van der Waals surface area (Å²) < 4.78 is 7.12. The van der Waals surface area contributed by atoms with Crippen LogP contribution < -0.4 is 10.6 Å². The SMILES string of the molecule is CC(=O)Nc1ccc(-n2cnc(C(=O)NCC3CCCO3)c2)nc1. The van der Waals surface area contributed by atoms with Crippen LogP contribution in [-0.2, 0) is 9.53 Å². The molecule has 2 aromatic rings. The third-order valence-corrected chi connectivity index (χ3v) is 3.66. The summed E-state index contributed by atoms with van der Waals surface area (Å²) in [6.45, 7) is 2.69. The number of hydrogen-bond acceptors (Lipinski definition) is 5. The molecule has 0 saturated carbocycles. The van der Waals surface area contributed by atoms with Crippen LogP contribution in [0.15, 0.2) is 30.9 Å². The fourth-order valence-corrected chi connectivity index (χ4v) is 2.48. The van der Waals surface area contributed by atoms with Crippen LogP contribution in [0.3, 0.4) is 0 Å². The number of amides is 2. The van der Waals surface area contributed by atoms with Crippen molar-refractivity contribution in [3.05, 3.63) is 36.5 Å². The Morgan fingerprint density at radius 1 is 1.38 bits per heavy atom. The first kappa shape index (κ1) is 16.1. The summed E-state index contributed by atoms with van der Waals surface area (Å²) in [5, 5.41) is 5.48. The molecule has 1 unspecified atom stereocenters. The highest BCUT2D eigenvalue weighted by molar-refractivity contribution is 5.92. The van der Waals surface area contributed by atoms with Crippen molar-refractivity contribution in [2.24, 2.45) is 0 Å². The first-order valence-electron chi connectivity index (χ1n) is 7.79. The van der Waals surface area contributed by atoms with Gasteiger partial charge in [-0.2, -0.15) is 0 Å². The van der Waals surface area contributed by atoms with E-state index < -0.39 is 0 Å². The highest BCUT2D eigenvalue weighted by atomic mass is 16.5. The lowest BCUT2D eigenvalue weighted by atomic mass is 10.2. The van der Waals surface area contributed by atoms with Crippen LogP contribution in [0, 0.1) is 0 Å². The van der Waals surface area contributed by atoms with Crippen LogP contribution >= 0.6 is 0 Å². The van der Waals surface area contributed by atoms with Gasteiger partial charge < -0.3 is 15.4 Å². The maximum atomic E-state index is 12.1. The van der Waals surface area contributed by atoms with Gasteiger partial charge in [0.1, 0.15) is 17.8 Å². The molecule has 2 aromatic heterocycles. The van der Waals surface area contributed by atoms with Gasteiger partial charge in [0.2, 0.25) is 5.91 Å². The largest absolute Gasteiger partial charge is 0.376 e. The van der Waals surface area contributed by atoms with Crippen molar-refractivity contribution in [2.45, 2.75) is 25.9 Å². The first-order valence-corrected chi connectivity index (χ1v) is 7.79. The van der Waals surface area contributed by atoms with Gasteiger partial charge in [0, 0.05) is 26.3 Å². The van der Waals surface area contributed by atoms with Gasteiger partial charge in [-0.15, -0.1) is 0 Å². The molecule has 1 aliphatic heterocycles. The number of imidazole rings is 1.